The van der Waals surface area contributed by atoms with E-state index in [9.17, 15) is 4.79 Å². The van der Waals surface area contributed by atoms with Gasteiger partial charge < -0.3 is 4.74 Å². The smallest absolute Gasteiger partial charge is 0.241 e. The number of ether oxygens (including phenoxy) is 1. The molecule has 1 aliphatic heterocycles. The first-order valence-corrected chi connectivity index (χ1v) is 9.75. The number of rotatable bonds is 5. The number of aliphatic imine (C=N–C) groups is 1. The van der Waals surface area contributed by atoms with E-state index in [1.807, 2.05) is 84.9 Å². The van der Waals surface area contributed by atoms with Gasteiger partial charge in [-0.2, -0.15) is 0 Å². The first-order chi connectivity index (χ1) is 14.2. The summed E-state index contributed by atoms with van der Waals surface area (Å²) in [6.45, 7) is 0.434. The van der Waals surface area contributed by atoms with Crippen LogP contribution in [0.2, 0.25) is 0 Å². The molecular formula is C24H20N2O2S. The van der Waals surface area contributed by atoms with Crippen LogP contribution in [0.4, 0.5) is 5.69 Å². The predicted octanol–water partition coefficient (Wildman–Crippen LogP) is 4.92. The molecular weight excluding hydrogens is 380 g/mol. The summed E-state index contributed by atoms with van der Waals surface area (Å²) in [6.07, 6.45) is 0. The van der Waals surface area contributed by atoms with Gasteiger partial charge in [0.15, 0.2) is 0 Å². The van der Waals surface area contributed by atoms with Crippen LogP contribution in [0, 0.1) is 0 Å². The van der Waals surface area contributed by atoms with E-state index in [4.69, 9.17) is 21.9 Å². The molecule has 3 aromatic carbocycles. The van der Waals surface area contributed by atoms with Crippen molar-refractivity contribution in [3.63, 3.8) is 0 Å². The van der Waals surface area contributed by atoms with Crippen molar-refractivity contribution in [2.45, 2.75) is 12.5 Å². The van der Waals surface area contributed by atoms with Crippen molar-refractivity contribution in [2.24, 2.45) is 4.99 Å². The van der Waals surface area contributed by atoms with Crippen LogP contribution in [0.25, 0.3) is 0 Å². The van der Waals surface area contributed by atoms with Crippen LogP contribution >= 0.6 is 12.2 Å². The molecule has 3 aromatic rings. The van der Waals surface area contributed by atoms with Gasteiger partial charge in [0.2, 0.25) is 5.91 Å². The van der Waals surface area contributed by atoms with Gasteiger partial charge in [-0.1, -0.05) is 72.9 Å². The minimum atomic E-state index is -0.505. The van der Waals surface area contributed by atoms with E-state index in [1.54, 1.807) is 12.0 Å². The molecule has 1 fully saturated rings. The molecule has 29 heavy (non-hydrogen) atoms. The second kappa shape index (κ2) is 8.37. The SMILES string of the molecule is COc1ccc(N=C2C(=S)N(Cc3ccccc3)C(=O)C2c2ccccc2)cc1. The topological polar surface area (TPSA) is 41.9 Å². The molecule has 5 heteroatoms. The Hall–Kier alpha value is -3.31. The molecule has 1 heterocycles. The number of hydrogen-bond acceptors (Lipinski definition) is 4. The van der Waals surface area contributed by atoms with Crippen molar-refractivity contribution in [3.8, 4) is 5.75 Å². The van der Waals surface area contributed by atoms with Crippen molar-refractivity contribution < 1.29 is 9.53 Å². The first kappa shape index (κ1) is 19.0. The van der Waals surface area contributed by atoms with Gasteiger partial charge in [0, 0.05) is 0 Å². The van der Waals surface area contributed by atoms with Crippen LogP contribution < -0.4 is 4.74 Å². The fourth-order valence-corrected chi connectivity index (χ4v) is 3.72. The molecule has 4 nitrogen and oxygen atoms in total. The molecule has 1 saturated heterocycles. The van der Waals surface area contributed by atoms with E-state index in [0.29, 0.717) is 17.2 Å². The maximum atomic E-state index is 13.4. The minimum Gasteiger partial charge on any atom is -0.497 e. The number of nitrogens with zero attached hydrogens (tertiary/aromatic N) is 2. The maximum absolute atomic E-state index is 13.4. The number of likely N-dealkylation sites (tertiary alicyclic amines) is 1. The highest BCUT2D eigenvalue weighted by atomic mass is 32.1. The molecule has 0 bridgehead atoms. The van der Waals surface area contributed by atoms with Crippen molar-refractivity contribution in [2.75, 3.05) is 7.11 Å². The zero-order chi connectivity index (χ0) is 20.2. The fraction of sp³-hybridized carbons (Fsp3) is 0.125. The van der Waals surface area contributed by atoms with Gasteiger partial charge in [-0.05, 0) is 35.4 Å². The summed E-state index contributed by atoms with van der Waals surface area (Å²) < 4.78 is 5.21. The van der Waals surface area contributed by atoms with Crippen LogP contribution in [-0.4, -0.2) is 28.6 Å². The normalized spacial score (nSPS) is 17.8. The summed E-state index contributed by atoms with van der Waals surface area (Å²) in [5.41, 5.74) is 3.26. The largest absolute Gasteiger partial charge is 0.497 e. The van der Waals surface area contributed by atoms with Gasteiger partial charge in [0.25, 0.3) is 0 Å². The van der Waals surface area contributed by atoms with Crippen LogP contribution in [0.15, 0.2) is 89.9 Å². The number of thiocarbonyl (C=S) groups is 1. The number of carbonyl (C=O) groups is 1. The van der Waals surface area contributed by atoms with Gasteiger partial charge in [-0.15, -0.1) is 0 Å². The van der Waals surface area contributed by atoms with E-state index < -0.39 is 5.92 Å². The number of methoxy groups -OCH3 is 1. The highest BCUT2D eigenvalue weighted by Crippen LogP contribution is 2.32. The Bertz CT molecular complexity index is 1050. The molecule has 0 aliphatic carbocycles. The Kier molecular flexibility index (Phi) is 5.49. The van der Waals surface area contributed by atoms with Crippen molar-refractivity contribution in [1.82, 2.24) is 4.90 Å². The second-order valence-electron chi connectivity index (χ2n) is 6.75. The van der Waals surface area contributed by atoms with Crippen LogP contribution in [0.1, 0.15) is 17.0 Å². The lowest BCUT2D eigenvalue weighted by atomic mass is 9.96. The highest BCUT2D eigenvalue weighted by molar-refractivity contribution is 7.82. The van der Waals surface area contributed by atoms with E-state index in [0.717, 1.165) is 22.6 Å². The molecule has 0 saturated carbocycles. The van der Waals surface area contributed by atoms with Crippen LogP contribution in [0.3, 0.4) is 0 Å². The Morgan fingerprint density at radius 2 is 1.55 bits per heavy atom. The molecule has 1 aliphatic rings. The Balaban J connectivity index is 1.74. The zero-order valence-corrected chi connectivity index (χ0v) is 16.8. The van der Waals surface area contributed by atoms with E-state index in [2.05, 4.69) is 0 Å². The Labute approximate surface area is 175 Å². The lowest BCUT2D eigenvalue weighted by Gasteiger charge is -2.16. The predicted molar refractivity (Wildman–Crippen MR) is 119 cm³/mol. The van der Waals surface area contributed by atoms with Crippen molar-refractivity contribution in [3.05, 3.63) is 96.1 Å². The lowest BCUT2D eigenvalue weighted by molar-refractivity contribution is -0.126. The standard InChI is InChI=1S/C24H20N2O2S/c1-28-20-14-12-19(13-15-20)25-22-21(18-10-6-3-7-11-18)23(27)26(24(22)29)16-17-8-4-2-5-9-17/h2-15,21H,16H2,1H3. The maximum Gasteiger partial charge on any atom is 0.241 e. The van der Waals surface area contributed by atoms with Gasteiger partial charge >= 0.3 is 0 Å². The monoisotopic (exact) mass is 400 g/mol. The molecule has 1 unspecified atom stereocenters. The summed E-state index contributed by atoms with van der Waals surface area (Å²) in [4.78, 5) is 20.3. The number of benzene rings is 3. The summed E-state index contributed by atoms with van der Waals surface area (Å²) in [5.74, 6) is 0.205. The van der Waals surface area contributed by atoms with Crippen molar-refractivity contribution in [1.29, 1.82) is 0 Å². The summed E-state index contributed by atoms with van der Waals surface area (Å²) >= 11 is 5.71. The molecule has 144 valence electrons. The molecule has 4 rings (SSSR count). The second-order valence-corrected chi connectivity index (χ2v) is 7.14. The molecule has 0 aromatic heterocycles. The zero-order valence-electron chi connectivity index (χ0n) is 16.0. The Morgan fingerprint density at radius 1 is 0.931 bits per heavy atom. The first-order valence-electron chi connectivity index (χ1n) is 9.34. The van der Waals surface area contributed by atoms with E-state index in [1.165, 1.54) is 0 Å². The molecule has 0 radical (unpaired) electrons. The molecule has 0 spiro atoms. The average molecular weight is 401 g/mol. The summed E-state index contributed by atoms with van der Waals surface area (Å²) in [6, 6.07) is 26.9. The third-order valence-corrected chi connectivity index (χ3v) is 5.32. The van der Waals surface area contributed by atoms with E-state index in [-0.39, 0.29) is 5.91 Å². The van der Waals surface area contributed by atoms with E-state index >= 15 is 0 Å². The number of amides is 1. The van der Waals surface area contributed by atoms with Gasteiger partial charge in [-0.3, -0.25) is 9.69 Å². The quantitative estimate of drug-likeness (QED) is 0.571. The van der Waals surface area contributed by atoms with Crippen LogP contribution in [0.5, 0.6) is 5.75 Å². The molecule has 1 atom stereocenters. The van der Waals surface area contributed by atoms with Crippen molar-refractivity contribution >= 4 is 34.5 Å². The number of carbonyl (C=O) groups excluding carboxylic acids is 1. The van der Waals surface area contributed by atoms with Gasteiger partial charge in [0.05, 0.1) is 25.1 Å². The van der Waals surface area contributed by atoms with Gasteiger partial charge in [0.1, 0.15) is 16.7 Å². The third-order valence-electron chi connectivity index (χ3n) is 4.89. The molecule has 1 amide bonds. The number of hydrogen-bond donors (Lipinski definition) is 0. The van der Waals surface area contributed by atoms with Gasteiger partial charge in [-0.25, -0.2) is 4.99 Å². The summed E-state index contributed by atoms with van der Waals surface area (Å²) in [5, 5.41) is 0. The summed E-state index contributed by atoms with van der Waals surface area (Å²) in [7, 11) is 1.62. The lowest BCUT2D eigenvalue weighted by Crippen LogP contribution is -2.29. The third kappa shape index (κ3) is 3.96. The van der Waals surface area contributed by atoms with Crippen LogP contribution in [-0.2, 0) is 11.3 Å². The molecule has 0 N–H and O–H groups in total. The highest BCUT2D eigenvalue weighted by Gasteiger charge is 2.42. The Morgan fingerprint density at radius 3 is 2.17 bits per heavy atom. The minimum absolute atomic E-state index is 0.0442. The average Bonchev–Trinajstić information content (AvgIpc) is 3.00. The fourth-order valence-electron chi connectivity index (χ4n) is 3.40.